The molecule has 0 spiro atoms. The molecule has 1 aliphatic carbocycles. The van der Waals surface area contributed by atoms with Crippen molar-refractivity contribution in [3.8, 4) is 5.75 Å². The van der Waals surface area contributed by atoms with E-state index < -0.39 is 11.6 Å². The van der Waals surface area contributed by atoms with Gasteiger partial charge in [0.2, 0.25) is 0 Å². The lowest BCUT2D eigenvalue weighted by atomic mass is 9.83. The molecule has 1 atom stereocenters. The normalized spacial score (nSPS) is 18.1. The molecule has 172 valence electrons. The summed E-state index contributed by atoms with van der Waals surface area (Å²) in [6, 6.07) is 11.1. The monoisotopic (exact) mass is 468 g/mol. The predicted molar refractivity (Wildman–Crippen MR) is 127 cm³/mol. The van der Waals surface area contributed by atoms with Crippen molar-refractivity contribution in [2.24, 2.45) is 0 Å². The van der Waals surface area contributed by atoms with Crippen LogP contribution >= 0.6 is 11.6 Å². The van der Waals surface area contributed by atoms with Crippen molar-refractivity contribution < 1.29 is 19.0 Å². The highest BCUT2D eigenvalue weighted by Gasteiger charge is 2.41. The molecule has 0 saturated carbocycles. The number of carbonyl (C=O) groups excluding carboxylic acids is 1. The van der Waals surface area contributed by atoms with Crippen LogP contribution in [0.25, 0.3) is 16.3 Å². The number of ether oxygens (including phenoxy) is 3. The van der Waals surface area contributed by atoms with Gasteiger partial charge in [0.1, 0.15) is 10.9 Å². The van der Waals surface area contributed by atoms with E-state index in [1.165, 1.54) is 14.2 Å². The van der Waals surface area contributed by atoms with Crippen LogP contribution in [0, 0.1) is 0 Å². The predicted octanol–water partition coefficient (Wildman–Crippen LogP) is 4.23. The average Bonchev–Trinajstić information content (AvgIpc) is 2.85. The summed E-state index contributed by atoms with van der Waals surface area (Å²) < 4.78 is 17.3. The Morgan fingerprint density at radius 3 is 2.55 bits per heavy atom. The van der Waals surface area contributed by atoms with E-state index in [0.29, 0.717) is 42.0 Å². The number of hydrogen-bond acceptors (Lipinski definition) is 6. The third kappa shape index (κ3) is 4.38. The molecule has 3 aromatic rings. The van der Waals surface area contributed by atoms with Crippen LogP contribution in [-0.4, -0.2) is 42.5 Å². The van der Waals surface area contributed by atoms with Crippen LogP contribution in [0.4, 0.5) is 0 Å². The molecule has 8 heteroatoms. The summed E-state index contributed by atoms with van der Waals surface area (Å²) >= 11 is 6.29. The van der Waals surface area contributed by atoms with Gasteiger partial charge in [-0.1, -0.05) is 29.8 Å². The Bertz CT molecular complexity index is 1280. The maximum Gasteiger partial charge on any atom is 0.338 e. The van der Waals surface area contributed by atoms with Crippen molar-refractivity contribution in [3.05, 3.63) is 75.4 Å². The Hall–Kier alpha value is -3.16. The van der Waals surface area contributed by atoms with Crippen molar-refractivity contribution in [2.75, 3.05) is 21.3 Å². The van der Waals surface area contributed by atoms with Gasteiger partial charge in [0.25, 0.3) is 5.56 Å². The fourth-order valence-corrected chi connectivity index (χ4v) is 4.44. The first-order chi connectivity index (χ1) is 15.9. The standard InChI is InChI=1S/C25H25ClN2O5/c1-31-19-6-4-16(5-7-19)15-28-13-10-18-14-20(26)27-22(21(18)23(28)29)17-8-11-25(33-3,12-9-17)24(30)32-2/h4-8,10,13-14H,9,11-12,15H2,1-3H3. The number of halogens is 1. The van der Waals surface area contributed by atoms with Gasteiger partial charge >= 0.3 is 5.97 Å². The van der Waals surface area contributed by atoms with Gasteiger partial charge in [0.15, 0.2) is 5.60 Å². The Morgan fingerprint density at radius 2 is 1.94 bits per heavy atom. The molecule has 33 heavy (non-hydrogen) atoms. The zero-order valence-corrected chi connectivity index (χ0v) is 19.5. The SMILES string of the molecule is COC(=O)C1(OC)CC=C(c2nc(Cl)cc3ccn(Cc4ccc(OC)cc4)c(=O)c23)CC1. The molecule has 0 aliphatic heterocycles. The number of rotatable bonds is 6. The number of esters is 1. The number of methoxy groups -OCH3 is 3. The lowest BCUT2D eigenvalue weighted by Crippen LogP contribution is -2.42. The van der Waals surface area contributed by atoms with Crippen LogP contribution in [0.3, 0.4) is 0 Å². The van der Waals surface area contributed by atoms with Crippen LogP contribution in [0.1, 0.15) is 30.5 Å². The second-order valence-corrected chi connectivity index (χ2v) is 8.37. The maximum atomic E-state index is 13.5. The molecule has 0 bridgehead atoms. The van der Waals surface area contributed by atoms with E-state index >= 15 is 0 Å². The molecule has 1 aromatic carbocycles. The zero-order chi connectivity index (χ0) is 23.6. The summed E-state index contributed by atoms with van der Waals surface area (Å²) in [6.45, 7) is 0.412. The van der Waals surface area contributed by atoms with E-state index in [1.807, 2.05) is 36.4 Å². The van der Waals surface area contributed by atoms with Crippen LogP contribution in [0.5, 0.6) is 5.75 Å². The van der Waals surface area contributed by atoms with E-state index in [9.17, 15) is 9.59 Å². The second-order valence-electron chi connectivity index (χ2n) is 7.98. The largest absolute Gasteiger partial charge is 0.497 e. The minimum absolute atomic E-state index is 0.153. The second kappa shape index (κ2) is 9.37. The lowest BCUT2D eigenvalue weighted by Gasteiger charge is -2.32. The van der Waals surface area contributed by atoms with E-state index in [1.54, 1.807) is 23.9 Å². The maximum absolute atomic E-state index is 13.5. The first-order valence-corrected chi connectivity index (χ1v) is 10.9. The highest BCUT2D eigenvalue weighted by atomic mass is 35.5. The van der Waals surface area contributed by atoms with Gasteiger partial charge < -0.3 is 18.8 Å². The summed E-state index contributed by atoms with van der Waals surface area (Å²) in [5, 5.41) is 1.53. The van der Waals surface area contributed by atoms with E-state index in [4.69, 9.17) is 25.8 Å². The van der Waals surface area contributed by atoms with Crippen molar-refractivity contribution in [1.29, 1.82) is 0 Å². The van der Waals surface area contributed by atoms with Crippen molar-refractivity contribution in [3.63, 3.8) is 0 Å². The lowest BCUT2D eigenvalue weighted by molar-refractivity contribution is -0.166. The number of hydrogen-bond donors (Lipinski definition) is 0. The molecule has 0 saturated heterocycles. The van der Waals surface area contributed by atoms with Crippen LogP contribution < -0.4 is 10.3 Å². The number of carbonyl (C=O) groups is 1. The Balaban J connectivity index is 1.76. The fourth-order valence-electron chi connectivity index (χ4n) is 4.24. The van der Waals surface area contributed by atoms with Crippen LogP contribution in [-0.2, 0) is 20.8 Å². The summed E-state index contributed by atoms with van der Waals surface area (Å²) in [7, 11) is 4.46. The van der Waals surface area contributed by atoms with Crippen molar-refractivity contribution in [1.82, 2.24) is 9.55 Å². The molecule has 7 nitrogen and oxygen atoms in total. The Morgan fingerprint density at radius 1 is 1.18 bits per heavy atom. The Kier molecular flexibility index (Phi) is 6.54. The molecular weight excluding hydrogens is 444 g/mol. The van der Waals surface area contributed by atoms with E-state index in [-0.39, 0.29) is 5.56 Å². The van der Waals surface area contributed by atoms with Crippen LogP contribution in [0.15, 0.2) is 53.5 Å². The van der Waals surface area contributed by atoms with Gasteiger partial charge in [-0.25, -0.2) is 9.78 Å². The number of allylic oxidation sites excluding steroid dienone is 1. The van der Waals surface area contributed by atoms with Gasteiger partial charge in [0.05, 0.1) is 31.8 Å². The summed E-state index contributed by atoms with van der Waals surface area (Å²) in [4.78, 5) is 30.3. The number of fused-ring (bicyclic) bond motifs is 1. The minimum atomic E-state index is -1.03. The van der Waals surface area contributed by atoms with Crippen molar-refractivity contribution >= 4 is 33.9 Å². The average molecular weight is 469 g/mol. The molecule has 4 rings (SSSR count). The number of aromatic nitrogens is 2. The molecular formula is C25H25ClN2O5. The molecule has 0 N–H and O–H groups in total. The first kappa shape index (κ1) is 23.0. The number of nitrogens with zero attached hydrogens (tertiary/aromatic N) is 2. The van der Waals surface area contributed by atoms with Gasteiger partial charge in [-0.2, -0.15) is 0 Å². The van der Waals surface area contributed by atoms with Gasteiger partial charge in [0, 0.05) is 19.7 Å². The summed E-state index contributed by atoms with van der Waals surface area (Å²) in [5.41, 5.74) is 1.20. The van der Waals surface area contributed by atoms with Gasteiger partial charge in [-0.05, 0) is 53.6 Å². The summed E-state index contributed by atoms with van der Waals surface area (Å²) in [6.07, 6.45) is 4.90. The molecule has 1 aliphatic rings. The zero-order valence-electron chi connectivity index (χ0n) is 18.8. The molecule has 0 amide bonds. The quantitative estimate of drug-likeness (QED) is 0.398. The molecule has 0 radical (unpaired) electrons. The minimum Gasteiger partial charge on any atom is -0.497 e. The fraction of sp³-hybridized carbons (Fsp3) is 0.320. The molecule has 1 unspecified atom stereocenters. The third-order valence-electron chi connectivity index (χ3n) is 6.17. The molecule has 0 fully saturated rings. The third-order valence-corrected chi connectivity index (χ3v) is 6.36. The van der Waals surface area contributed by atoms with Crippen molar-refractivity contribution in [2.45, 2.75) is 31.4 Å². The van der Waals surface area contributed by atoms with Gasteiger partial charge in [-0.15, -0.1) is 0 Å². The number of benzene rings is 1. The highest BCUT2D eigenvalue weighted by Crippen LogP contribution is 2.37. The van der Waals surface area contributed by atoms with E-state index in [2.05, 4.69) is 4.98 Å². The van der Waals surface area contributed by atoms with E-state index in [0.717, 1.165) is 22.3 Å². The van der Waals surface area contributed by atoms with Crippen LogP contribution in [0.2, 0.25) is 5.15 Å². The first-order valence-electron chi connectivity index (χ1n) is 10.6. The Labute approximate surface area is 196 Å². The molecule has 2 aromatic heterocycles. The highest BCUT2D eigenvalue weighted by molar-refractivity contribution is 6.30. The van der Waals surface area contributed by atoms with Gasteiger partial charge in [-0.3, -0.25) is 4.79 Å². The number of pyridine rings is 2. The topological polar surface area (TPSA) is 79.7 Å². The molecule has 2 heterocycles. The smallest absolute Gasteiger partial charge is 0.338 e. The summed E-state index contributed by atoms with van der Waals surface area (Å²) in [5.74, 6) is 0.347.